The number of hydrogen-bond donors (Lipinski definition) is 2. The number of rotatable bonds is 5. The Morgan fingerprint density at radius 2 is 2.32 bits per heavy atom. The highest BCUT2D eigenvalue weighted by atomic mass is 16.3. The molecule has 106 valence electrons. The van der Waals surface area contributed by atoms with Crippen molar-refractivity contribution in [3.05, 3.63) is 23.9 Å². The molecule has 1 fully saturated rings. The maximum atomic E-state index is 9.92. The van der Waals surface area contributed by atoms with Crippen molar-refractivity contribution in [3.63, 3.8) is 0 Å². The molecule has 2 heterocycles. The molecular formula is C15H25N3O. The fraction of sp³-hybridized carbons (Fsp3) is 0.667. The van der Waals surface area contributed by atoms with Gasteiger partial charge in [0.2, 0.25) is 0 Å². The van der Waals surface area contributed by atoms with Crippen molar-refractivity contribution in [2.75, 3.05) is 25.0 Å². The Bertz CT molecular complexity index is 397. The predicted molar refractivity (Wildman–Crippen MR) is 78.1 cm³/mol. The molecule has 19 heavy (non-hydrogen) atoms. The van der Waals surface area contributed by atoms with Crippen LogP contribution in [0.2, 0.25) is 0 Å². The minimum absolute atomic E-state index is 0.199. The lowest BCUT2D eigenvalue weighted by molar-refractivity contribution is 0.0254. The van der Waals surface area contributed by atoms with E-state index in [0.29, 0.717) is 5.92 Å². The lowest BCUT2D eigenvalue weighted by Gasteiger charge is -2.34. The third-order valence-electron chi connectivity index (χ3n) is 3.75. The van der Waals surface area contributed by atoms with Gasteiger partial charge in [0.05, 0.1) is 11.8 Å². The van der Waals surface area contributed by atoms with Crippen molar-refractivity contribution in [1.29, 1.82) is 0 Å². The molecule has 4 heteroatoms. The smallest absolute Gasteiger partial charge is 0.126 e. The minimum Gasteiger partial charge on any atom is -0.392 e. The van der Waals surface area contributed by atoms with Gasteiger partial charge in [-0.25, -0.2) is 4.98 Å². The van der Waals surface area contributed by atoms with Gasteiger partial charge < -0.3 is 10.4 Å². The summed E-state index contributed by atoms with van der Waals surface area (Å²) in [6.07, 6.45) is 1.96. The maximum Gasteiger partial charge on any atom is 0.126 e. The lowest BCUT2D eigenvalue weighted by atomic mass is 9.96. The van der Waals surface area contributed by atoms with E-state index >= 15 is 0 Å². The maximum absolute atomic E-state index is 9.92. The Kier molecular flexibility index (Phi) is 5.16. The van der Waals surface area contributed by atoms with E-state index in [0.717, 1.165) is 50.5 Å². The van der Waals surface area contributed by atoms with Crippen molar-refractivity contribution in [1.82, 2.24) is 9.88 Å². The molecule has 0 radical (unpaired) electrons. The number of pyridine rings is 1. The first-order valence-corrected chi connectivity index (χ1v) is 7.29. The molecule has 2 unspecified atom stereocenters. The Morgan fingerprint density at radius 1 is 1.47 bits per heavy atom. The zero-order valence-corrected chi connectivity index (χ0v) is 12.0. The van der Waals surface area contributed by atoms with Gasteiger partial charge in [-0.15, -0.1) is 0 Å². The highest BCUT2D eigenvalue weighted by Gasteiger charge is 2.24. The number of hydrogen-bond acceptors (Lipinski definition) is 4. The minimum atomic E-state index is -0.199. The molecule has 0 spiro atoms. The number of piperidine rings is 1. The number of nitrogens with zero attached hydrogens (tertiary/aromatic N) is 2. The molecule has 1 aromatic heterocycles. The fourth-order valence-electron chi connectivity index (χ4n) is 2.41. The molecule has 1 aromatic rings. The van der Waals surface area contributed by atoms with Gasteiger partial charge in [-0.3, -0.25) is 4.90 Å². The highest BCUT2D eigenvalue weighted by Crippen LogP contribution is 2.18. The molecule has 0 saturated carbocycles. The van der Waals surface area contributed by atoms with Crippen LogP contribution < -0.4 is 5.32 Å². The van der Waals surface area contributed by atoms with E-state index in [2.05, 4.69) is 35.1 Å². The average molecular weight is 263 g/mol. The molecule has 0 aliphatic carbocycles. The molecule has 2 rings (SSSR count). The molecule has 0 amide bonds. The van der Waals surface area contributed by atoms with E-state index in [1.54, 1.807) is 0 Å². The zero-order valence-electron chi connectivity index (χ0n) is 12.0. The van der Waals surface area contributed by atoms with Crippen molar-refractivity contribution in [3.8, 4) is 0 Å². The van der Waals surface area contributed by atoms with E-state index in [1.165, 1.54) is 0 Å². The van der Waals surface area contributed by atoms with Gasteiger partial charge in [0, 0.05) is 19.6 Å². The summed E-state index contributed by atoms with van der Waals surface area (Å²) in [6.45, 7) is 7.85. The third kappa shape index (κ3) is 4.18. The summed E-state index contributed by atoms with van der Waals surface area (Å²) in [7, 11) is 0. The van der Waals surface area contributed by atoms with E-state index in [-0.39, 0.29) is 6.10 Å². The van der Waals surface area contributed by atoms with Crippen molar-refractivity contribution in [2.24, 2.45) is 5.92 Å². The molecule has 1 aliphatic heterocycles. The standard InChI is InChI=1S/C15H25N3O/c1-3-8-16-15-6-4-5-13(17-15)10-18-9-7-12(2)14(19)11-18/h4-6,12,14,19H,3,7-11H2,1-2H3,(H,16,17). The van der Waals surface area contributed by atoms with Crippen LogP contribution in [-0.2, 0) is 6.54 Å². The first-order chi connectivity index (χ1) is 9.19. The summed E-state index contributed by atoms with van der Waals surface area (Å²) in [6, 6.07) is 6.11. The average Bonchev–Trinajstić information content (AvgIpc) is 2.41. The molecule has 1 aliphatic rings. The number of aromatic nitrogens is 1. The molecule has 0 bridgehead atoms. The van der Waals surface area contributed by atoms with Crippen LogP contribution >= 0.6 is 0 Å². The molecular weight excluding hydrogens is 238 g/mol. The first-order valence-electron chi connectivity index (χ1n) is 7.29. The van der Waals surface area contributed by atoms with E-state index in [9.17, 15) is 5.11 Å². The van der Waals surface area contributed by atoms with Gasteiger partial charge in [0.1, 0.15) is 5.82 Å². The van der Waals surface area contributed by atoms with Crippen LogP contribution in [-0.4, -0.2) is 40.7 Å². The number of aliphatic hydroxyl groups is 1. The lowest BCUT2D eigenvalue weighted by Crippen LogP contribution is -2.42. The van der Waals surface area contributed by atoms with Crippen LogP contribution in [0.1, 0.15) is 32.4 Å². The molecule has 0 aromatic carbocycles. The highest BCUT2D eigenvalue weighted by molar-refractivity contribution is 5.35. The summed E-state index contributed by atoms with van der Waals surface area (Å²) < 4.78 is 0. The number of anilines is 1. The number of likely N-dealkylation sites (tertiary alicyclic amines) is 1. The summed E-state index contributed by atoms with van der Waals surface area (Å²) in [4.78, 5) is 6.90. The van der Waals surface area contributed by atoms with Crippen molar-refractivity contribution >= 4 is 5.82 Å². The Labute approximate surface area is 115 Å². The van der Waals surface area contributed by atoms with E-state index in [4.69, 9.17) is 0 Å². The van der Waals surface area contributed by atoms with E-state index < -0.39 is 0 Å². The van der Waals surface area contributed by atoms with Gasteiger partial charge >= 0.3 is 0 Å². The molecule has 2 atom stereocenters. The van der Waals surface area contributed by atoms with Crippen LogP contribution in [0.5, 0.6) is 0 Å². The van der Waals surface area contributed by atoms with Crippen LogP contribution in [0, 0.1) is 5.92 Å². The van der Waals surface area contributed by atoms with Crippen LogP contribution in [0.25, 0.3) is 0 Å². The quantitative estimate of drug-likeness (QED) is 0.854. The normalized spacial score (nSPS) is 24.4. The van der Waals surface area contributed by atoms with Crippen LogP contribution in [0.4, 0.5) is 5.82 Å². The summed E-state index contributed by atoms with van der Waals surface area (Å²) in [5.41, 5.74) is 1.07. The summed E-state index contributed by atoms with van der Waals surface area (Å²) in [5.74, 6) is 1.37. The van der Waals surface area contributed by atoms with Gasteiger partial charge in [-0.2, -0.15) is 0 Å². The fourth-order valence-corrected chi connectivity index (χ4v) is 2.41. The van der Waals surface area contributed by atoms with Gasteiger partial charge in [-0.1, -0.05) is 19.9 Å². The number of nitrogens with one attached hydrogen (secondary N) is 1. The Morgan fingerprint density at radius 3 is 3.05 bits per heavy atom. The topological polar surface area (TPSA) is 48.4 Å². The second-order valence-corrected chi connectivity index (χ2v) is 5.51. The zero-order chi connectivity index (χ0) is 13.7. The SMILES string of the molecule is CCCNc1cccc(CN2CCC(C)C(O)C2)n1. The van der Waals surface area contributed by atoms with E-state index in [1.807, 2.05) is 12.1 Å². The first kappa shape index (κ1) is 14.3. The third-order valence-corrected chi connectivity index (χ3v) is 3.75. The van der Waals surface area contributed by atoms with Crippen molar-refractivity contribution < 1.29 is 5.11 Å². The molecule has 2 N–H and O–H groups in total. The number of β-amino-alcohol motifs (C(OH)–C–C–N with tert-alkyl or cyclic N) is 1. The summed E-state index contributed by atoms with van der Waals surface area (Å²) in [5, 5.41) is 13.2. The number of aliphatic hydroxyl groups excluding tert-OH is 1. The van der Waals surface area contributed by atoms with Crippen molar-refractivity contribution in [2.45, 2.75) is 39.3 Å². The molecule has 4 nitrogen and oxygen atoms in total. The van der Waals surface area contributed by atoms with Gasteiger partial charge in [0.15, 0.2) is 0 Å². The Balaban J connectivity index is 1.91. The van der Waals surface area contributed by atoms with Crippen LogP contribution in [0.15, 0.2) is 18.2 Å². The second kappa shape index (κ2) is 6.87. The Hall–Kier alpha value is -1.13. The molecule has 1 saturated heterocycles. The van der Waals surface area contributed by atoms with Gasteiger partial charge in [0.25, 0.3) is 0 Å². The second-order valence-electron chi connectivity index (χ2n) is 5.51. The van der Waals surface area contributed by atoms with Crippen LogP contribution in [0.3, 0.4) is 0 Å². The predicted octanol–water partition coefficient (Wildman–Crippen LogP) is 2.11. The largest absolute Gasteiger partial charge is 0.392 e. The summed E-state index contributed by atoms with van der Waals surface area (Å²) >= 11 is 0. The van der Waals surface area contributed by atoms with Gasteiger partial charge in [-0.05, 0) is 37.4 Å². The monoisotopic (exact) mass is 263 g/mol.